The second-order valence-electron chi connectivity index (χ2n) is 4.28. The lowest BCUT2D eigenvalue weighted by molar-refractivity contribution is -0.115. The Labute approximate surface area is 111 Å². The van der Waals surface area contributed by atoms with Gasteiger partial charge in [0.1, 0.15) is 12.2 Å². The van der Waals surface area contributed by atoms with Crippen molar-refractivity contribution in [3.63, 3.8) is 0 Å². The first-order valence-corrected chi connectivity index (χ1v) is 6.16. The summed E-state index contributed by atoms with van der Waals surface area (Å²) in [4.78, 5) is 11.2. The zero-order chi connectivity index (χ0) is 13.0. The molecule has 1 aliphatic rings. The average molecular weight is 265 g/mol. The molecule has 1 aromatic rings. The number of carbonyl (C=O) groups is 1. The van der Waals surface area contributed by atoms with Crippen LogP contribution in [0.5, 0.6) is 5.75 Å². The van der Waals surface area contributed by atoms with Crippen molar-refractivity contribution < 1.29 is 9.53 Å². The lowest BCUT2D eigenvalue weighted by atomic mass is 10.3. The summed E-state index contributed by atoms with van der Waals surface area (Å²) in [6, 6.07) is 6.85. The van der Waals surface area contributed by atoms with Gasteiger partial charge in [-0.1, -0.05) is 11.6 Å². The van der Waals surface area contributed by atoms with E-state index in [1.807, 2.05) is 0 Å². The zero-order valence-electron chi connectivity index (χ0n) is 9.78. The summed E-state index contributed by atoms with van der Waals surface area (Å²) in [5.74, 6) is 0.943. The van der Waals surface area contributed by atoms with Crippen molar-refractivity contribution in [1.82, 2.24) is 0 Å². The lowest BCUT2D eigenvalue weighted by Crippen LogP contribution is -2.10. The van der Waals surface area contributed by atoms with E-state index in [0.717, 1.165) is 0 Å². The number of carbonyl (C=O) groups excluding carboxylic acids is 1. The maximum absolute atomic E-state index is 11.2. The van der Waals surface area contributed by atoms with Crippen LogP contribution in [-0.2, 0) is 4.79 Å². The Kier molecular flexibility index (Phi) is 4.06. The highest BCUT2D eigenvalue weighted by Crippen LogP contribution is 2.32. The predicted molar refractivity (Wildman–Crippen MR) is 68.5 cm³/mol. The highest BCUT2D eigenvalue weighted by molar-refractivity contribution is 6.32. The maximum Gasteiger partial charge on any atom is 0.238 e. The normalized spacial score (nSPS) is 13.8. The number of hydrogen-bond donors (Lipinski definition) is 1. The highest BCUT2D eigenvalue weighted by atomic mass is 35.5. The fourth-order valence-corrected chi connectivity index (χ4v) is 1.70. The molecule has 0 heterocycles. The molecule has 94 valence electrons. The summed E-state index contributed by atoms with van der Waals surface area (Å²) >= 11 is 6.05. The van der Waals surface area contributed by atoms with Gasteiger partial charge in [-0.3, -0.25) is 4.79 Å². The number of ether oxygens (including phenoxy) is 1. The Morgan fingerprint density at radius 1 is 1.56 bits per heavy atom. The van der Waals surface area contributed by atoms with Gasteiger partial charge in [-0.15, -0.1) is 0 Å². The molecule has 0 aliphatic heterocycles. The maximum atomic E-state index is 11.2. The minimum atomic E-state index is -0.347. The fourth-order valence-electron chi connectivity index (χ4n) is 1.46. The van der Waals surface area contributed by atoms with Gasteiger partial charge in [0.15, 0.2) is 0 Å². The molecule has 1 fully saturated rings. The Balaban J connectivity index is 1.95. The first-order valence-electron chi connectivity index (χ1n) is 5.78. The number of halogens is 1. The first kappa shape index (κ1) is 12.7. The molecule has 1 aliphatic carbocycles. The van der Waals surface area contributed by atoms with E-state index < -0.39 is 0 Å². The third kappa shape index (κ3) is 3.64. The van der Waals surface area contributed by atoms with Crippen LogP contribution in [-0.4, -0.2) is 12.5 Å². The van der Waals surface area contributed by atoms with Crippen molar-refractivity contribution in [3.8, 4) is 11.8 Å². The van der Waals surface area contributed by atoms with Crippen molar-refractivity contribution in [2.45, 2.75) is 19.3 Å². The third-order valence-corrected chi connectivity index (χ3v) is 2.92. The molecule has 0 aromatic heterocycles. The van der Waals surface area contributed by atoms with Gasteiger partial charge in [0.2, 0.25) is 5.91 Å². The molecular weight excluding hydrogens is 252 g/mol. The van der Waals surface area contributed by atoms with Crippen LogP contribution in [0, 0.1) is 17.2 Å². The summed E-state index contributed by atoms with van der Waals surface area (Å²) in [5, 5.41) is 11.4. The summed E-state index contributed by atoms with van der Waals surface area (Å²) in [6.07, 6.45) is 2.28. The van der Waals surface area contributed by atoms with Crippen LogP contribution in [0.4, 0.5) is 5.69 Å². The average Bonchev–Trinajstić information content (AvgIpc) is 3.12. The molecule has 0 unspecified atom stereocenters. The van der Waals surface area contributed by atoms with Crippen LogP contribution >= 0.6 is 11.6 Å². The van der Waals surface area contributed by atoms with E-state index >= 15 is 0 Å². The fraction of sp³-hybridized carbons (Fsp3) is 0.385. The molecule has 4 nitrogen and oxygen atoms in total. The third-order valence-electron chi connectivity index (χ3n) is 2.63. The predicted octanol–water partition coefficient (Wildman–Crippen LogP) is 2.98. The van der Waals surface area contributed by atoms with E-state index in [1.54, 1.807) is 24.3 Å². The van der Waals surface area contributed by atoms with Crippen molar-refractivity contribution in [1.29, 1.82) is 5.26 Å². The first-order chi connectivity index (χ1) is 8.69. The number of benzene rings is 1. The number of rotatable bonds is 5. The summed E-state index contributed by atoms with van der Waals surface area (Å²) in [7, 11) is 0. The smallest absolute Gasteiger partial charge is 0.238 e. The van der Waals surface area contributed by atoms with Gasteiger partial charge in [-0.25, -0.2) is 0 Å². The SMILES string of the molecule is N#CCC(=O)Nc1ccc(OCC2CC2)c(Cl)c1. The molecule has 1 saturated carbocycles. The van der Waals surface area contributed by atoms with E-state index in [0.29, 0.717) is 29.0 Å². The number of amides is 1. The van der Waals surface area contributed by atoms with Gasteiger partial charge < -0.3 is 10.1 Å². The molecule has 0 spiro atoms. The van der Waals surface area contributed by atoms with E-state index in [9.17, 15) is 4.79 Å². The monoisotopic (exact) mass is 264 g/mol. The van der Waals surface area contributed by atoms with Crippen LogP contribution in [0.2, 0.25) is 5.02 Å². The van der Waals surface area contributed by atoms with Crippen LogP contribution < -0.4 is 10.1 Å². The highest BCUT2D eigenvalue weighted by Gasteiger charge is 2.22. The summed E-state index contributed by atoms with van der Waals surface area (Å²) in [5.41, 5.74) is 0.569. The van der Waals surface area contributed by atoms with E-state index in [1.165, 1.54) is 12.8 Å². The Hall–Kier alpha value is -1.73. The van der Waals surface area contributed by atoms with E-state index in [4.69, 9.17) is 21.6 Å². The largest absolute Gasteiger partial charge is 0.492 e. The molecular formula is C13H13ClN2O2. The molecule has 0 saturated heterocycles. The molecule has 0 atom stereocenters. The molecule has 1 N–H and O–H groups in total. The molecule has 5 heteroatoms. The van der Waals surface area contributed by atoms with E-state index in [-0.39, 0.29) is 12.3 Å². The van der Waals surface area contributed by atoms with Crippen molar-refractivity contribution in [3.05, 3.63) is 23.2 Å². The van der Waals surface area contributed by atoms with Crippen molar-refractivity contribution in [2.75, 3.05) is 11.9 Å². The Bertz CT molecular complexity index is 492. The minimum Gasteiger partial charge on any atom is -0.492 e. The minimum absolute atomic E-state index is 0.169. The van der Waals surface area contributed by atoms with Crippen LogP contribution in [0.15, 0.2) is 18.2 Å². The number of anilines is 1. The summed E-state index contributed by atoms with van der Waals surface area (Å²) in [6.45, 7) is 0.694. The second-order valence-corrected chi connectivity index (χ2v) is 4.69. The topological polar surface area (TPSA) is 62.1 Å². The van der Waals surface area contributed by atoms with Crippen LogP contribution in [0.3, 0.4) is 0 Å². The number of nitrogens with zero attached hydrogens (tertiary/aromatic N) is 1. The van der Waals surface area contributed by atoms with Crippen molar-refractivity contribution in [2.24, 2.45) is 5.92 Å². The molecule has 1 amide bonds. The van der Waals surface area contributed by atoms with Gasteiger partial charge in [0.05, 0.1) is 17.7 Å². The van der Waals surface area contributed by atoms with Gasteiger partial charge in [-0.05, 0) is 37.0 Å². The zero-order valence-corrected chi connectivity index (χ0v) is 10.5. The Morgan fingerprint density at radius 3 is 2.94 bits per heavy atom. The molecule has 0 radical (unpaired) electrons. The van der Waals surface area contributed by atoms with Crippen LogP contribution in [0.1, 0.15) is 19.3 Å². The van der Waals surface area contributed by atoms with Gasteiger partial charge >= 0.3 is 0 Å². The Morgan fingerprint density at radius 2 is 2.33 bits per heavy atom. The standard InChI is InChI=1S/C13H13ClN2O2/c14-11-7-10(16-13(17)5-6-15)3-4-12(11)18-8-9-1-2-9/h3-4,7,9H,1-2,5,8H2,(H,16,17). The van der Waals surface area contributed by atoms with Gasteiger partial charge in [-0.2, -0.15) is 5.26 Å². The molecule has 18 heavy (non-hydrogen) atoms. The number of hydrogen-bond acceptors (Lipinski definition) is 3. The molecule has 2 rings (SSSR count). The second kappa shape index (κ2) is 5.74. The number of nitrogens with one attached hydrogen (secondary N) is 1. The van der Waals surface area contributed by atoms with Crippen molar-refractivity contribution >= 4 is 23.2 Å². The molecule has 0 bridgehead atoms. The lowest BCUT2D eigenvalue weighted by Gasteiger charge is -2.09. The van der Waals surface area contributed by atoms with Crippen LogP contribution in [0.25, 0.3) is 0 Å². The van der Waals surface area contributed by atoms with Gasteiger partial charge in [0, 0.05) is 5.69 Å². The summed E-state index contributed by atoms with van der Waals surface area (Å²) < 4.78 is 5.57. The quantitative estimate of drug-likeness (QED) is 0.889. The molecule has 1 aromatic carbocycles. The number of nitriles is 1. The van der Waals surface area contributed by atoms with E-state index in [2.05, 4.69) is 5.32 Å². The van der Waals surface area contributed by atoms with Gasteiger partial charge in [0.25, 0.3) is 0 Å².